The maximum Gasteiger partial charge on any atom is 0.101 e. The van der Waals surface area contributed by atoms with Gasteiger partial charge in [0.1, 0.15) is 6.07 Å². The second kappa shape index (κ2) is 4.49. The van der Waals surface area contributed by atoms with Crippen molar-refractivity contribution < 1.29 is 0 Å². The van der Waals surface area contributed by atoms with E-state index in [2.05, 4.69) is 48.1 Å². The number of rotatable bonds is 2. The van der Waals surface area contributed by atoms with Gasteiger partial charge < -0.3 is 5.32 Å². The van der Waals surface area contributed by atoms with Gasteiger partial charge in [0.25, 0.3) is 0 Å². The summed E-state index contributed by atoms with van der Waals surface area (Å²) < 4.78 is 0.957. The molecule has 2 bridgehead atoms. The van der Waals surface area contributed by atoms with Crippen LogP contribution in [-0.4, -0.2) is 6.04 Å². The van der Waals surface area contributed by atoms with Crippen molar-refractivity contribution in [2.75, 3.05) is 5.32 Å². The molecule has 1 N–H and O–H groups in total. The molecule has 2 fully saturated rings. The Morgan fingerprint density at radius 3 is 2.65 bits per heavy atom. The summed E-state index contributed by atoms with van der Waals surface area (Å²) in [5.41, 5.74) is 2.43. The van der Waals surface area contributed by atoms with E-state index in [1.165, 1.54) is 19.3 Å². The molecule has 3 rings (SSSR count). The lowest BCUT2D eigenvalue weighted by Gasteiger charge is -2.40. The quantitative estimate of drug-likeness (QED) is 0.831. The molecule has 1 aromatic rings. The molecule has 0 spiro atoms. The summed E-state index contributed by atoms with van der Waals surface area (Å²) in [6, 6.07) is 8.69. The standard InChI is InChI=1S/C17H21BrN2/c1-16(2)12-6-7-17(16,3)15(9-12)20-14-5-4-13(18)8-11(14)10-19/h4-5,8,12,15,20H,6-7,9H2,1-3H3. The Bertz CT molecular complexity index is 587. The lowest BCUT2D eigenvalue weighted by atomic mass is 9.69. The Kier molecular flexibility index (Phi) is 3.14. The number of benzene rings is 1. The Morgan fingerprint density at radius 2 is 2.10 bits per heavy atom. The molecular weight excluding hydrogens is 312 g/mol. The van der Waals surface area contributed by atoms with E-state index in [1.54, 1.807) is 0 Å². The number of halogens is 1. The molecule has 0 radical (unpaired) electrons. The number of hydrogen-bond acceptors (Lipinski definition) is 2. The maximum atomic E-state index is 9.30. The van der Waals surface area contributed by atoms with Crippen LogP contribution in [0.3, 0.4) is 0 Å². The van der Waals surface area contributed by atoms with Gasteiger partial charge in [-0.05, 0) is 54.2 Å². The highest BCUT2D eigenvalue weighted by Gasteiger charge is 2.61. The SMILES string of the molecule is CC1(C)C2CCC1(C)C(Nc1ccc(Br)cc1C#N)C2. The van der Waals surface area contributed by atoms with Crippen LogP contribution in [0.5, 0.6) is 0 Å². The molecule has 0 heterocycles. The average molecular weight is 333 g/mol. The van der Waals surface area contributed by atoms with E-state index >= 15 is 0 Å². The van der Waals surface area contributed by atoms with Crippen molar-refractivity contribution in [2.45, 2.75) is 46.1 Å². The van der Waals surface area contributed by atoms with E-state index in [0.29, 0.717) is 16.9 Å². The summed E-state index contributed by atoms with van der Waals surface area (Å²) in [5, 5.41) is 13.0. The van der Waals surface area contributed by atoms with Crippen molar-refractivity contribution in [3.8, 4) is 6.07 Å². The molecular formula is C17H21BrN2. The first-order chi connectivity index (χ1) is 9.38. The highest BCUT2D eigenvalue weighted by Crippen LogP contribution is 2.65. The lowest BCUT2D eigenvalue weighted by molar-refractivity contribution is 0.142. The van der Waals surface area contributed by atoms with E-state index in [9.17, 15) is 5.26 Å². The third-order valence-corrected chi connectivity index (χ3v) is 6.72. The number of nitriles is 1. The van der Waals surface area contributed by atoms with Crippen molar-refractivity contribution in [3.63, 3.8) is 0 Å². The van der Waals surface area contributed by atoms with Crippen LogP contribution >= 0.6 is 15.9 Å². The van der Waals surface area contributed by atoms with E-state index in [1.807, 2.05) is 18.2 Å². The predicted molar refractivity (Wildman–Crippen MR) is 85.5 cm³/mol. The Hall–Kier alpha value is -1.01. The first kappa shape index (κ1) is 13.9. The molecule has 3 atom stereocenters. The van der Waals surface area contributed by atoms with E-state index in [0.717, 1.165) is 21.6 Å². The Labute approximate surface area is 129 Å². The van der Waals surface area contributed by atoms with Gasteiger partial charge in [-0.2, -0.15) is 5.26 Å². The second-order valence-electron chi connectivity index (χ2n) is 7.11. The van der Waals surface area contributed by atoms with Gasteiger partial charge in [-0.15, -0.1) is 0 Å². The minimum absolute atomic E-state index is 0.331. The van der Waals surface area contributed by atoms with Gasteiger partial charge in [0.05, 0.1) is 11.3 Å². The number of nitrogens with zero attached hydrogens (tertiary/aromatic N) is 1. The summed E-state index contributed by atoms with van der Waals surface area (Å²) >= 11 is 3.43. The van der Waals surface area contributed by atoms with Crippen LogP contribution in [0.15, 0.2) is 22.7 Å². The topological polar surface area (TPSA) is 35.8 Å². The van der Waals surface area contributed by atoms with Gasteiger partial charge in [-0.3, -0.25) is 0 Å². The maximum absolute atomic E-state index is 9.30. The van der Waals surface area contributed by atoms with E-state index in [4.69, 9.17) is 0 Å². The molecule has 2 aliphatic carbocycles. The summed E-state index contributed by atoms with van der Waals surface area (Å²) in [4.78, 5) is 0. The lowest BCUT2D eigenvalue weighted by Crippen LogP contribution is -2.40. The van der Waals surface area contributed by atoms with Crippen LogP contribution in [0.1, 0.15) is 45.6 Å². The minimum Gasteiger partial charge on any atom is -0.381 e. The van der Waals surface area contributed by atoms with Crippen LogP contribution in [0.4, 0.5) is 5.69 Å². The summed E-state index contributed by atoms with van der Waals surface area (Å²) in [7, 11) is 0. The molecule has 0 aliphatic heterocycles. The van der Waals surface area contributed by atoms with Crippen molar-refractivity contribution in [2.24, 2.45) is 16.7 Å². The number of nitrogens with one attached hydrogen (secondary N) is 1. The molecule has 0 amide bonds. The Balaban J connectivity index is 1.89. The molecule has 3 unspecified atom stereocenters. The smallest absolute Gasteiger partial charge is 0.101 e. The van der Waals surface area contributed by atoms with Crippen LogP contribution in [0, 0.1) is 28.1 Å². The van der Waals surface area contributed by atoms with Crippen LogP contribution in [-0.2, 0) is 0 Å². The molecule has 2 aliphatic rings. The zero-order valence-electron chi connectivity index (χ0n) is 12.3. The zero-order valence-corrected chi connectivity index (χ0v) is 13.9. The highest BCUT2D eigenvalue weighted by atomic mass is 79.9. The third-order valence-electron chi connectivity index (χ3n) is 6.23. The number of fused-ring (bicyclic) bond motifs is 2. The highest BCUT2D eigenvalue weighted by molar-refractivity contribution is 9.10. The van der Waals surface area contributed by atoms with Gasteiger partial charge in [0.15, 0.2) is 0 Å². The fourth-order valence-corrected chi connectivity index (χ4v) is 4.71. The van der Waals surface area contributed by atoms with Gasteiger partial charge in [-0.25, -0.2) is 0 Å². The molecule has 2 saturated carbocycles. The van der Waals surface area contributed by atoms with E-state index in [-0.39, 0.29) is 0 Å². The average Bonchev–Trinajstić information content (AvgIpc) is 2.74. The minimum atomic E-state index is 0.331. The molecule has 106 valence electrons. The van der Waals surface area contributed by atoms with Crippen molar-refractivity contribution in [1.29, 1.82) is 5.26 Å². The molecule has 3 heteroatoms. The fourth-order valence-electron chi connectivity index (χ4n) is 4.34. The van der Waals surface area contributed by atoms with Gasteiger partial charge in [-0.1, -0.05) is 36.7 Å². The third kappa shape index (κ3) is 1.81. The van der Waals surface area contributed by atoms with E-state index < -0.39 is 0 Å². The summed E-state index contributed by atoms with van der Waals surface area (Å²) in [6.45, 7) is 7.25. The molecule has 20 heavy (non-hydrogen) atoms. The first-order valence-electron chi connectivity index (χ1n) is 7.34. The molecule has 1 aromatic carbocycles. The summed E-state index contributed by atoms with van der Waals surface area (Å²) in [5.74, 6) is 0.811. The Morgan fingerprint density at radius 1 is 1.35 bits per heavy atom. The van der Waals surface area contributed by atoms with Crippen LogP contribution < -0.4 is 5.32 Å². The van der Waals surface area contributed by atoms with Crippen molar-refractivity contribution >= 4 is 21.6 Å². The molecule has 2 nitrogen and oxygen atoms in total. The first-order valence-corrected chi connectivity index (χ1v) is 8.14. The fraction of sp³-hybridized carbons (Fsp3) is 0.588. The number of hydrogen-bond donors (Lipinski definition) is 1. The van der Waals surface area contributed by atoms with Gasteiger partial charge in [0, 0.05) is 10.5 Å². The summed E-state index contributed by atoms with van der Waals surface area (Å²) in [6.07, 6.45) is 3.87. The van der Waals surface area contributed by atoms with Crippen molar-refractivity contribution in [3.05, 3.63) is 28.2 Å². The molecule has 0 saturated heterocycles. The monoisotopic (exact) mass is 332 g/mol. The predicted octanol–water partition coefficient (Wildman–Crippen LogP) is 4.95. The zero-order chi connectivity index (χ0) is 14.5. The largest absolute Gasteiger partial charge is 0.381 e. The van der Waals surface area contributed by atoms with Gasteiger partial charge >= 0.3 is 0 Å². The van der Waals surface area contributed by atoms with Crippen LogP contribution in [0.2, 0.25) is 0 Å². The molecule has 0 aromatic heterocycles. The van der Waals surface area contributed by atoms with Gasteiger partial charge in [0.2, 0.25) is 0 Å². The number of anilines is 1. The van der Waals surface area contributed by atoms with Crippen LogP contribution in [0.25, 0.3) is 0 Å². The normalized spacial score (nSPS) is 34.0. The van der Waals surface area contributed by atoms with Crippen molar-refractivity contribution in [1.82, 2.24) is 0 Å². The second-order valence-corrected chi connectivity index (χ2v) is 8.02.